The van der Waals surface area contributed by atoms with Gasteiger partial charge in [-0.3, -0.25) is 4.79 Å². The summed E-state index contributed by atoms with van der Waals surface area (Å²) in [4.78, 5) is 22.9. The summed E-state index contributed by atoms with van der Waals surface area (Å²) in [7, 11) is 2.67. The second-order valence-corrected chi connectivity index (χ2v) is 3.71. The highest BCUT2D eigenvalue weighted by atomic mass is 16.5. The summed E-state index contributed by atoms with van der Waals surface area (Å²) in [5, 5.41) is 0. The first-order valence-electron chi connectivity index (χ1n) is 5.51. The van der Waals surface area contributed by atoms with Crippen LogP contribution in [0, 0.1) is 0 Å². The molecule has 0 saturated carbocycles. The molecule has 1 aromatic carbocycles. The van der Waals surface area contributed by atoms with Gasteiger partial charge in [0.2, 0.25) is 0 Å². The predicted octanol–water partition coefficient (Wildman–Crippen LogP) is 2.31. The molecule has 0 aliphatic rings. The number of methoxy groups -OCH3 is 2. The van der Waals surface area contributed by atoms with Crippen LogP contribution in [-0.4, -0.2) is 26.2 Å². The van der Waals surface area contributed by atoms with Gasteiger partial charge in [-0.2, -0.15) is 0 Å². The van der Waals surface area contributed by atoms with Crippen molar-refractivity contribution in [2.45, 2.75) is 12.3 Å². The molecule has 18 heavy (non-hydrogen) atoms. The molecule has 0 radical (unpaired) electrons. The van der Waals surface area contributed by atoms with Crippen molar-refractivity contribution >= 4 is 11.9 Å². The zero-order valence-electron chi connectivity index (χ0n) is 10.5. The number of benzene rings is 1. The molecule has 0 spiro atoms. The Balaban J connectivity index is 2.96. The molecule has 0 amide bonds. The quantitative estimate of drug-likeness (QED) is 0.592. The zero-order chi connectivity index (χ0) is 13.5. The fraction of sp³-hybridized carbons (Fsp3) is 0.286. The summed E-state index contributed by atoms with van der Waals surface area (Å²) in [5.74, 6) is -1.11. The Morgan fingerprint density at radius 2 is 1.83 bits per heavy atom. The first kappa shape index (κ1) is 14.0. The summed E-state index contributed by atoms with van der Waals surface area (Å²) in [6, 6.07) is 6.69. The molecule has 0 bridgehead atoms. The molecule has 0 saturated heterocycles. The molecule has 0 fully saturated rings. The average Bonchev–Trinajstić information content (AvgIpc) is 2.43. The van der Waals surface area contributed by atoms with Crippen molar-refractivity contribution in [1.29, 1.82) is 0 Å². The maximum absolute atomic E-state index is 11.6. The molecular formula is C14H16O4. The van der Waals surface area contributed by atoms with E-state index in [0.717, 1.165) is 5.56 Å². The maximum Gasteiger partial charge on any atom is 0.337 e. The van der Waals surface area contributed by atoms with Crippen LogP contribution in [0.15, 0.2) is 36.9 Å². The fourth-order valence-corrected chi connectivity index (χ4v) is 1.65. The highest BCUT2D eigenvalue weighted by Crippen LogP contribution is 2.22. The van der Waals surface area contributed by atoms with Gasteiger partial charge in [-0.1, -0.05) is 18.2 Å². The number of carbonyl (C=O) groups is 2. The van der Waals surface area contributed by atoms with Crippen LogP contribution >= 0.6 is 0 Å². The van der Waals surface area contributed by atoms with E-state index in [1.54, 1.807) is 30.3 Å². The van der Waals surface area contributed by atoms with Crippen LogP contribution in [0.4, 0.5) is 0 Å². The molecule has 0 N–H and O–H groups in total. The molecule has 0 aromatic heterocycles. The van der Waals surface area contributed by atoms with Gasteiger partial charge < -0.3 is 9.47 Å². The molecule has 1 rings (SSSR count). The Morgan fingerprint density at radius 3 is 2.28 bits per heavy atom. The maximum atomic E-state index is 11.6. The van der Waals surface area contributed by atoms with Crippen molar-refractivity contribution in [1.82, 2.24) is 0 Å². The summed E-state index contributed by atoms with van der Waals surface area (Å²) in [6.07, 6.45) is 2.15. The lowest BCUT2D eigenvalue weighted by Crippen LogP contribution is -2.14. The van der Waals surface area contributed by atoms with Gasteiger partial charge in [0, 0.05) is 0 Å². The second kappa shape index (κ2) is 6.59. The van der Waals surface area contributed by atoms with Crippen LogP contribution in [0.2, 0.25) is 0 Å². The normalized spacial score (nSPS) is 11.4. The minimum atomic E-state index is -0.403. The van der Waals surface area contributed by atoms with E-state index in [2.05, 4.69) is 11.3 Å². The van der Waals surface area contributed by atoms with Gasteiger partial charge in [-0.25, -0.2) is 4.79 Å². The van der Waals surface area contributed by atoms with Crippen molar-refractivity contribution in [3.05, 3.63) is 48.0 Å². The van der Waals surface area contributed by atoms with Crippen molar-refractivity contribution in [3.8, 4) is 0 Å². The van der Waals surface area contributed by atoms with Gasteiger partial charge in [-0.15, -0.1) is 6.58 Å². The molecule has 0 aliphatic carbocycles. The Hall–Kier alpha value is -2.10. The molecule has 1 atom stereocenters. The standard InChI is InChI=1S/C14H16O4/c1-4-5-12(14(16)18-3)10-6-8-11(9-7-10)13(15)17-2/h4,6-9,12H,1,5H2,2-3H3/t12-/m1/s1. The number of hydrogen-bond donors (Lipinski definition) is 0. The first-order chi connectivity index (χ1) is 8.63. The lowest BCUT2D eigenvalue weighted by atomic mass is 9.95. The van der Waals surface area contributed by atoms with Crippen molar-refractivity contribution in [2.75, 3.05) is 14.2 Å². The minimum Gasteiger partial charge on any atom is -0.469 e. The van der Waals surface area contributed by atoms with E-state index in [1.165, 1.54) is 14.2 Å². The van der Waals surface area contributed by atoms with Crippen LogP contribution in [0.5, 0.6) is 0 Å². The third-order valence-corrected chi connectivity index (χ3v) is 2.62. The summed E-state index contributed by atoms with van der Waals surface area (Å²) in [5.41, 5.74) is 1.23. The molecule has 96 valence electrons. The Labute approximate surface area is 106 Å². The van der Waals surface area contributed by atoms with Crippen LogP contribution in [0.25, 0.3) is 0 Å². The predicted molar refractivity (Wildman–Crippen MR) is 67.4 cm³/mol. The van der Waals surface area contributed by atoms with Gasteiger partial charge in [0.25, 0.3) is 0 Å². The summed E-state index contributed by atoms with van der Waals surface area (Å²) >= 11 is 0. The average molecular weight is 248 g/mol. The number of hydrogen-bond acceptors (Lipinski definition) is 4. The Morgan fingerprint density at radius 1 is 1.22 bits per heavy atom. The molecule has 1 aromatic rings. The monoisotopic (exact) mass is 248 g/mol. The lowest BCUT2D eigenvalue weighted by molar-refractivity contribution is -0.142. The SMILES string of the molecule is C=CC[C@@H](C(=O)OC)c1ccc(C(=O)OC)cc1. The van der Waals surface area contributed by atoms with Gasteiger partial charge in [0.1, 0.15) is 0 Å². The molecule has 4 nitrogen and oxygen atoms in total. The first-order valence-corrected chi connectivity index (χ1v) is 5.51. The highest BCUT2D eigenvalue weighted by Gasteiger charge is 2.20. The third kappa shape index (κ3) is 3.20. The second-order valence-electron chi connectivity index (χ2n) is 3.71. The van der Waals surface area contributed by atoms with Crippen LogP contribution in [0.1, 0.15) is 28.3 Å². The number of allylic oxidation sites excluding steroid dienone is 1. The summed E-state index contributed by atoms with van der Waals surface area (Å²) in [6.45, 7) is 3.62. The zero-order valence-corrected chi connectivity index (χ0v) is 10.5. The van der Waals surface area contributed by atoms with Crippen molar-refractivity contribution < 1.29 is 19.1 Å². The molecule has 4 heteroatoms. The van der Waals surface area contributed by atoms with Gasteiger partial charge in [0.05, 0.1) is 25.7 Å². The van der Waals surface area contributed by atoms with E-state index in [9.17, 15) is 9.59 Å². The number of ether oxygens (including phenoxy) is 2. The van der Waals surface area contributed by atoms with Gasteiger partial charge >= 0.3 is 11.9 Å². The van der Waals surface area contributed by atoms with Gasteiger partial charge in [-0.05, 0) is 24.1 Å². The Kier molecular flexibility index (Phi) is 5.11. The van der Waals surface area contributed by atoms with E-state index in [0.29, 0.717) is 12.0 Å². The Bertz CT molecular complexity index is 434. The van der Waals surface area contributed by atoms with Gasteiger partial charge in [0.15, 0.2) is 0 Å². The van der Waals surface area contributed by atoms with Crippen LogP contribution in [0.3, 0.4) is 0 Å². The molecular weight excluding hydrogens is 232 g/mol. The smallest absolute Gasteiger partial charge is 0.337 e. The minimum absolute atomic E-state index is 0.319. The number of rotatable bonds is 5. The van der Waals surface area contributed by atoms with Crippen molar-refractivity contribution in [2.24, 2.45) is 0 Å². The number of carbonyl (C=O) groups excluding carboxylic acids is 2. The van der Waals surface area contributed by atoms with E-state index in [4.69, 9.17) is 4.74 Å². The van der Waals surface area contributed by atoms with Crippen molar-refractivity contribution in [3.63, 3.8) is 0 Å². The van der Waals surface area contributed by atoms with E-state index >= 15 is 0 Å². The fourth-order valence-electron chi connectivity index (χ4n) is 1.65. The summed E-state index contributed by atoms with van der Waals surface area (Å²) < 4.78 is 9.35. The van der Waals surface area contributed by atoms with Crippen LogP contribution in [-0.2, 0) is 14.3 Å². The third-order valence-electron chi connectivity index (χ3n) is 2.62. The largest absolute Gasteiger partial charge is 0.469 e. The molecule has 0 unspecified atom stereocenters. The van der Waals surface area contributed by atoms with E-state index in [-0.39, 0.29) is 11.9 Å². The van der Waals surface area contributed by atoms with E-state index < -0.39 is 5.97 Å². The molecule has 0 heterocycles. The lowest BCUT2D eigenvalue weighted by Gasteiger charge is -2.13. The molecule has 0 aliphatic heterocycles. The van der Waals surface area contributed by atoms with E-state index in [1.807, 2.05) is 0 Å². The number of esters is 2. The highest BCUT2D eigenvalue weighted by molar-refractivity contribution is 5.89. The van der Waals surface area contributed by atoms with Crippen LogP contribution < -0.4 is 0 Å². The topological polar surface area (TPSA) is 52.6 Å².